The average Bonchev–Trinajstić information content (AvgIpc) is 2.91. The molecule has 7 nitrogen and oxygen atoms in total. The summed E-state index contributed by atoms with van der Waals surface area (Å²) in [6.45, 7) is 1.59. The summed E-state index contributed by atoms with van der Waals surface area (Å²) in [6.07, 6.45) is -4.59. The largest absolute Gasteiger partial charge is 0.496 e. The van der Waals surface area contributed by atoms with E-state index in [1.54, 1.807) is 6.92 Å². The summed E-state index contributed by atoms with van der Waals surface area (Å²) in [5, 5.41) is 2.54. The highest BCUT2D eigenvalue weighted by Gasteiger charge is 2.34. The van der Waals surface area contributed by atoms with Crippen LogP contribution in [-0.2, 0) is 12.6 Å². The van der Waals surface area contributed by atoms with E-state index in [0.717, 1.165) is 10.6 Å². The standard InChI is InChI=1S/C15H14F3N5O2/c1-7-9(12(24)23-14(20-7)21-13(19)22-23)5-8-3-4-11(25-2)10(6-8)15(16,17)18/h3-4,6H,5H2,1-2H3,(H3,19,20,21,22). The molecule has 0 unspecified atom stereocenters. The van der Waals surface area contributed by atoms with E-state index in [-0.39, 0.29) is 29.5 Å². The zero-order valence-corrected chi connectivity index (χ0v) is 13.3. The lowest BCUT2D eigenvalue weighted by molar-refractivity contribution is -0.138. The molecule has 3 rings (SSSR count). The summed E-state index contributed by atoms with van der Waals surface area (Å²) in [7, 11) is 1.17. The predicted molar refractivity (Wildman–Crippen MR) is 83.6 cm³/mol. The predicted octanol–water partition coefficient (Wildman–Crippen LogP) is 1.93. The minimum atomic E-state index is -4.56. The molecule has 0 atom stereocenters. The Bertz CT molecular complexity index is 1010. The SMILES string of the molecule is COc1ccc(Cc2c(C)nc3nc(N)[nH]n3c2=O)cc1C(F)(F)F. The number of anilines is 1. The van der Waals surface area contributed by atoms with E-state index in [2.05, 4.69) is 15.1 Å². The van der Waals surface area contributed by atoms with E-state index in [9.17, 15) is 18.0 Å². The molecule has 1 aromatic carbocycles. The molecule has 0 saturated carbocycles. The number of benzene rings is 1. The maximum atomic E-state index is 13.1. The Kier molecular flexibility index (Phi) is 3.90. The number of hydrogen-bond donors (Lipinski definition) is 2. The van der Waals surface area contributed by atoms with Crippen molar-refractivity contribution in [2.45, 2.75) is 19.5 Å². The molecule has 0 radical (unpaired) electrons. The quantitative estimate of drug-likeness (QED) is 0.750. The van der Waals surface area contributed by atoms with Crippen molar-refractivity contribution in [1.29, 1.82) is 0 Å². The first-order valence-corrected chi connectivity index (χ1v) is 7.18. The van der Waals surface area contributed by atoms with Gasteiger partial charge in [0.15, 0.2) is 0 Å². The number of aromatic amines is 1. The lowest BCUT2D eigenvalue weighted by atomic mass is 10.0. The van der Waals surface area contributed by atoms with Crippen LogP contribution in [0.15, 0.2) is 23.0 Å². The molecule has 2 heterocycles. The summed E-state index contributed by atoms with van der Waals surface area (Å²) in [4.78, 5) is 20.5. The maximum Gasteiger partial charge on any atom is 0.419 e. The van der Waals surface area contributed by atoms with E-state index in [4.69, 9.17) is 10.5 Å². The highest BCUT2D eigenvalue weighted by atomic mass is 19.4. The third-order valence-corrected chi connectivity index (χ3v) is 3.76. The summed E-state index contributed by atoms with van der Waals surface area (Å²) in [5.74, 6) is -0.154. The molecule has 25 heavy (non-hydrogen) atoms. The fourth-order valence-corrected chi connectivity index (χ4v) is 2.57. The fourth-order valence-electron chi connectivity index (χ4n) is 2.57. The lowest BCUT2D eigenvalue weighted by Crippen LogP contribution is -2.22. The zero-order valence-electron chi connectivity index (χ0n) is 13.3. The van der Waals surface area contributed by atoms with Crippen molar-refractivity contribution < 1.29 is 17.9 Å². The van der Waals surface area contributed by atoms with Gasteiger partial charge in [-0.3, -0.25) is 9.89 Å². The van der Waals surface area contributed by atoms with Gasteiger partial charge in [-0.15, -0.1) is 0 Å². The highest BCUT2D eigenvalue weighted by Crippen LogP contribution is 2.36. The maximum absolute atomic E-state index is 13.1. The van der Waals surface area contributed by atoms with Crippen molar-refractivity contribution in [3.63, 3.8) is 0 Å². The van der Waals surface area contributed by atoms with Crippen LogP contribution in [0.25, 0.3) is 5.78 Å². The van der Waals surface area contributed by atoms with Crippen molar-refractivity contribution >= 4 is 11.7 Å². The van der Waals surface area contributed by atoms with E-state index in [1.807, 2.05) is 0 Å². The molecule has 0 spiro atoms. The van der Waals surface area contributed by atoms with Crippen LogP contribution in [0.5, 0.6) is 5.75 Å². The van der Waals surface area contributed by atoms with Gasteiger partial charge >= 0.3 is 6.18 Å². The third kappa shape index (κ3) is 3.02. The van der Waals surface area contributed by atoms with E-state index in [0.29, 0.717) is 11.3 Å². The van der Waals surface area contributed by atoms with Gasteiger partial charge in [-0.2, -0.15) is 22.7 Å². The Balaban J connectivity index is 2.09. The molecule has 0 saturated heterocycles. The highest BCUT2D eigenvalue weighted by molar-refractivity contribution is 5.42. The molecule has 2 aromatic heterocycles. The minimum absolute atomic E-state index is 0.0185. The summed E-state index contributed by atoms with van der Waals surface area (Å²) >= 11 is 0. The van der Waals surface area contributed by atoms with Crippen molar-refractivity contribution in [2.24, 2.45) is 0 Å². The number of rotatable bonds is 3. The van der Waals surface area contributed by atoms with Crippen LogP contribution < -0.4 is 16.0 Å². The Morgan fingerprint density at radius 3 is 2.68 bits per heavy atom. The molecular formula is C15H14F3N5O2. The molecule has 132 valence electrons. The van der Waals surface area contributed by atoms with Crippen molar-refractivity contribution in [2.75, 3.05) is 12.8 Å². The van der Waals surface area contributed by atoms with Crippen LogP contribution >= 0.6 is 0 Å². The Morgan fingerprint density at radius 1 is 1.32 bits per heavy atom. The number of halogens is 3. The summed E-state index contributed by atoms with van der Waals surface area (Å²) < 4.78 is 45.2. The smallest absolute Gasteiger partial charge is 0.419 e. The van der Waals surface area contributed by atoms with Gasteiger partial charge in [0, 0.05) is 12.0 Å². The van der Waals surface area contributed by atoms with Gasteiger partial charge in [-0.1, -0.05) is 6.07 Å². The van der Waals surface area contributed by atoms with Gasteiger partial charge in [0.1, 0.15) is 5.75 Å². The molecule has 3 N–H and O–H groups in total. The van der Waals surface area contributed by atoms with Crippen LogP contribution in [0.3, 0.4) is 0 Å². The summed E-state index contributed by atoms with van der Waals surface area (Å²) in [6, 6.07) is 3.67. The number of alkyl halides is 3. The first kappa shape index (κ1) is 16.8. The van der Waals surface area contributed by atoms with E-state index >= 15 is 0 Å². The first-order valence-electron chi connectivity index (χ1n) is 7.18. The number of nitrogens with one attached hydrogen (secondary N) is 1. The Hall–Kier alpha value is -3.04. The number of aryl methyl sites for hydroxylation is 1. The number of nitrogens with zero attached hydrogens (tertiary/aromatic N) is 3. The third-order valence-electron chi connectivity index (χ3n) is 3.76. The minimum Gasteiger partial charge on any atom is -0.496 e. The number of nitrogens with two attached hydrogens (primary N) is 1. The van der Waals surface area contributed by atoms with Crippen molar-refractivity contribution in [1.82, 2.24) is 19.6 Å². The van der Waals surface area contributed by atoms with Crippen LogP contribution in [-0.4, -0.2) is 26.7 Å². The van der Waals surface area contributed by atoms with Crippen LogP contribution in [0.2, 0.25) is 0 Å². The molecule has 10 heteroatoms. The van der Waals surface area contributed by atoms with E-state index in [1.165, 1.54) is 19.2 Å². The Morgan fingerprint density at radius 2 is 2.04 bits per heavy atom. The van der Waals surface area contributed by atoms with Crippen LogP contribution in [0, 0.1) is 6.92 Å². The van der Waals surface area contributed by atoms with Gasteiger partial charge in [0.2, 0.25) is 5.95 Å². The van der Waals surface area contributed by atoms with Crippen molar-refractivity contribution in [3.8, 4) is 5.75 Å². The van der Waals surface area contributed by atoms with Crippen molar-refractivity contribution in [3.05, 3.63) is 50.9 Å². The van der Waals surface area contributed by atoms with E-state index < -0.39 is 17.3 Å². The molecule has 0 aliphatic rings. The molecule has 0 amide bonds. The lowest BCUT2D eigenvalue weighted by Gasteiger charge is -2.13. The normalized spacial score (nSPS) is 11.9. The number of ether oxygens (including phenoxy) is 1. The van der Waals surface area contributed by atoms with Gasteiger partial charge in [-0.25, -0.2) is 4.98 Å². The first-order chi connectivity index (χ1) is 11.7. The second-order valence-electron chi connectivity index (χ2n) is 5.43. The average molecular weight is 353 g/mol. The fraction of sp³-hybridized carbons (Fsp3) is 0.267. The van der Waals surface area contributed by atoms with Gasteiger partial charge < -0.3 is 10.5 Å². The summed E-state index contributed by atoms with van der Waals surface area (Å²) in [5.41, 5.74) is 5.08. The number of aromatic nitrogens is 4. The van der Waals surface area contributed by atoms with Gasteiger partial charge in [0.05, 0.1) is 18.4 Å². The van der Waals surface area contributed by atoms with Crippen LogP contribution in [0.4, 0.5) is 19.1 Å². The molecule has 0 aliphatic carbocycles. The molecule has 0 bridgehead atoms. The number of hydrogen-bond acceptors (Lipinski definition) is 5. The molecule has 0 fully saturated rings. The van der Waals surface area contributed by atoms with Gasteiger partial charge in [-0.05, 0) is 24.6 Å². The molecule has 3 aromatic rings. The Labute approximate surface area is 139 Å². The second-order valence-corrected chi connectivity index (χ2v) is 5.43. The molecule has 0 aliphatic heterocycles. The zero-order chi connectivity index (χ0) is 18.4. The number of methoxy groups -OCH3 is 1. The topological polar surface area (TPSA) is 98.3 Å². The van der Waals surface area contributed by atoms with Gasteiger partial charge in [0.25, 0.3) is 11.3 Å². The number of fused-ring (bicyclic) bond motifs is 1. The number of H-pyrrole nitrogens is 1. The molecular weight excluding hydrogens is 339 g/mol. The van der Waals surface area contributed by atoms with Crippen LogP contribution in [0.1, 0.15) is 22.4 Å². The second kappa shape index (κ2) is 5.80. The monoisotopic (exact) mass is 353 g/mol. The number of nitrogen functional groups attached to an aromatic ring is 1.